The first-order chi connectivity index (χ1) is 8.81. The van der Waals surface area contributed by atoms with Gasteiger partial charge in [-0.3, -0.25) is 0 Å². The van der Waals surface area contributed by atoms with Crippen LogP contribution in [0.3, 0.4) is 0 Å². The summed E-state index contributed by atoms with van der Waals surface area (Å²) in [7, 11) is 0. The molecule has 0 aromatic heterocycles. The van der Waals surface area contributed by atoms with Crippen LogP contribution < -0.4 is 0 Å². The lowest BCUT2D eigenvalue weighted by molar-refractivity contribution is 1.26. The summed E-state index contributed by atoms with van der Waals surface area (Å²) in [5.74, 6) is 0. The Bertz CT molecular complexity index is 515. The third-order valence-corrected chi connectivity index (χ3v) is 3.41. The summed E-state index contributed by atoms with van der Waals surface area (Å²) < 4.78 is 0. The summed E-state index contributed by atoms with van der Waals surface area (Å²) in [5.41, 5.74) is 3.69. The second kappa shape index (κ2) is 6.77. The Kier molecular flexibility index (Phi) is 5.03. The van der Waals surface area contributed by atoms with Crippen LogP contribution in [0, 0.1) is 0 Å². The van der Waals surface area contributed by atoms with Crippen LogP contribution in [0.25, 0.3) is 5.57 Å². The summed E-state index contributed by atoms with van der Waals surface area (Å²) in [6, 6.07) is 18.4. The number of hydrogen-bond donors (Lipinski definition) is 0. The fraction of sp³-hybridized carbons (Fsp3) is 0.125. The predicted octanol–water partition coefficient (Wildman–Crippen LogP) is 5.56. The minimum atomic E-state index is 0.770. The molecule has 0 spiro atoms. The van der Waals surface area contributed by atoms with Gasteiger partial charge in [-0.2, -0.15) is 0 Å². The quantitative estimate of drug-likeness (QED) is 0.647. The van der Waals surface area contributed by atoms with Crippen molar-refractivity contribution < 1.29 is 0 Å². The molecular weight excluding hydrogens is 308 g/mol. The molecule has 2 rings (SSSR count). The smallest absolute Gasteiger partial charge is 0.0406 e. The minimum absolute atomic E-state index is 0.770. The molecule has 0 N–H and O–H groups in total. The van der Waals surface area contributed by atoms with E-state index in [1.165, 1.54) is 16.7 Å². The molecule has 0 nitrogen and oxygen atoms in total. The molecule has 0 atom stereocenters. The van der Waals surface area contributed by atoms with Crippen molar-refractivity contribution in [3.8, 4) is 0 Å². The second-order valence-electron chi connectivity index (χ2n) is 3.97. The Morgan fingerprint density at radius 2 is 1.56 bits per heavy atom. The molecule has 0 heterocycles. The van der Waals surface area contributed by atoms with Gasteiger partial charge in [-0.05, 0) is 35.3 Å². The summed E-state index contributed by atoms with van der Waals surface area (Å²) in [6.07, 6.45) is 3.26. The van der Waals surface area contributed by atoms with Gasteiger partial charge in [-0.25, -0.2) is 0 Å². The Morgan fingerprint density at radius 3 is 2.17 bits per heavy atom. The normalized spacial score (nSPS) is 11.6. The molecule has 0 saturated heterocycles. The van der Waals surface area contributed by atoms with Crippen LogP contribution in [0.1, 0.15) is 17.5 Å². The average molecular weight is 322 g/mol. The number of alkyl halides is 1. The maximum absolute atomic E-state index is 5.94. The van der Waals surface area contributed by atoms with Crippen LogP contribution in [0.5, 0.6) is 0 Å². The lowest BCUT2D eigenvalue weighted by Crippen LogP contribution is -1.88. The third kappa shape index (κ3) is 3.47. The van der Waals surface area contributed by atoms with Crippen molar-refractivity contribution in [3.05, 3.63) is 76.8 Å². The zero-order valence-corrected chi connectivity index (χ0v) is 12.3. The highest BCUT2D eigenvalue weighted by Gasteiger charge is 2.04. The fourth-order valence-electron chi connectivity index (χ4n) is 1.85. The lowest BCUT2D eigenvalue weighted by Gasteiger charge is -2.08. The van der Waals surface area contributed by atoms with Gasteiger partial charge in [0.25, 0.3) is 0 Å². The molecule has 0 amide bonds. The van der Waals surface area contributed by atoms with E-state index in [4.69, 9.17) is 11.6 Å². The van der Waals surface area contributed by atoms with E-state index in [9.17, 15) is 0 Å². The summed E-state index contributed by atoms with van der Waals surface area (Å²) in [5, 5.41) is 1.74. The van der Waals surface area contributed by atoms with Crippen molar-refractivity contribution in [1.82, 2.24) is 0 Å². The third-order valence-electron chi connectivity index (χ3n) is 2.70. The van der Waals surface area contributed by atoms with Crippen molar-refractivity contribution in [3.63, 3.8) is 0 Å². The van der Waals surface area contributed by atoms with Crippen LogP contribution in [0.15, 0.2) is 60.7 Å². The first-order valence-electron chi connectivity index (χ1n) is 5.89. The van der Waals surface area contributed by atoms with Crippen molar-refractivity contribution in [2.75, 3.05) is 5.33 Å². The first-order valence-corrected chi connectivity index (χ1v) is 7.38. The number of halogens is 2. The van der Waals surface area contributed by atoms with Crippen LogP contribution >= 0.6 is 27.5 Å². The molecule has 92 valence electrons. The molecule has 0 aliphatic carbocycles. The Hall–Kier alpha value is -1.05. The van der Waals surface area contributed by atoms with Gasteiger partial charge in [0.05, 0.1) is 0 Å². The molecule has 0 aliphatic heterocycles. The molecule has 0 aliphatic rings. The van der Waals surface area contributed by atoms with Gasteiger partial charge >= 0.3 is 0 Å². The molecule has 0 radical (unpaired) electrons. The van der Waals surface area contributed by atoms with E-state index in [-0.39, 0.29) is 0 Å². The number of allylic oxidation sites excluding steroid dienone is 1. The highest BCUT2D eigenvalue weighted by atomic mass is 79.9. The monoisotopic (exact) mass is 320 g/mol. The lowest BCUT2D eigenvalue weighted by atomic mass is 9.97. The Labute approximate surface area is 121 Å². The number of benzene rings is 2. The van der Waals surface area contributed by atoms with E-state index in [0.717, 1.165) is 16.8 Å². The van der Waals surface area contributed by atoms with Crippen LogP contribution in [0.4, 0.5) is 0 Å². The average Bonchev–Trinajstić information content (AvgIpc) is 2.42. The molecule has 0 bridgehead atoms. The highest BCUT2D eigenvalue weighted by molar-refractivity contribution is 9.09. The van der Waals surface area contributed by atoms with E-state index in [1.807, 2.05) is 18.2 Å². The van der Waals surface area contributed by atoms with Gasteiger partial charge in [0.15, 0.2) is 0 Å². The summed E-state index contributed by atoms with van der Waals surface area (Å²) in [6.45, 7) is 0. The maximum Gasteiger partial charge on any atom is 0.0406 e. The Morgan fingerprint density at radius 1 is 0.944 bits per heavy atom. The van der Waals surface area contributed by atoms with E-state index in [1.54, 1.807) is 0 Å². The molecule has 2 aromatic rings. The minimum Gasteiger partial charge on any atom is -0.0925 e. The molecule has 2 heteroatoms. The van der Waals surface area contributed by atoms with Crippen LogP contribution in [0.2, 0.25) is 5.02 Å². The van der Waals surface area contributed by atoms with Gasteiger partial charge in [0.2, 0.25) is 0 Å². The highest BCUT2D eigenvalue weighted by Crippen LogP contribution is 2.25. The summed E-state index contributed by atoms with van der Waals surface area (Å²) >= 11 is 9.41. The maximum atomic E-state index is 5.94. The molecule has 0 unspecified atom stereocenters. The number of hydrogen-bond acceptors (Lipinski definition) is 0. The van der Waals surface area contributed by atoms with Crippen molar-refractivity contribution >= 4 is 33.1 Å². The first kappa shape index (κ1) is 13.4. The SMILES string of the molecule is Clc1ccc(/C(=C/CCBr)c2ccccc2)cc1. The van der Waals surface area contributed by atoms with Crippen LogP contribution in [-0.2, 0) is 0 Å². The van der Waals surface area contributed by atoms with Gasteiger partial charge in [-0.1, -0.05) is 76.1 Å². The van der Waals surface area contributed by atoms with E-state index in [2.05, 4.69) is 58.4 Å². The summed E-state index contributed by atoms with van der Waals surface area (Å²) in [4.78, 5) is 0. The van der Waals surface area contributed by atoms with Crippen molar-refractivity contribution in [2.24, 2.45) is 0 Å². The van der Waals surface area contributed by atoms with Gasteiger partial charge in [-0.15, -0.1) is 0 Å². The fourth-order valence-corrected chi connectivity index (χ4v) is 2.20. The topological polar surface area (TPSA) is 0 Å². The molecule has 0 saturated carbocycles. The van der Waals surface area contributed by atoms with Gasteiger partial charge in [0.1, 0.15) is 0 Å². The van der Waals surface area contributed by atoms with Gasteiger partial charge in [0, 0.05) is 10.4 Å². The zero-order chi connectivity index (χ0) is 12.8. The largest absolute Gasteiger partial charge is 0.0925 e. The van der Waals surface area contributed by atoms with E-state index < -0.39 is 0 Å². The Balaban J connectivity index is 2.40. The molecular formula is C16H14BrCl. The van der Waals surface area contributed by atoms with E-state index >= 15 is 0 Å². The molecule has 18 heavy (non-hydrogen) atoms. The zero-order valence-electron chi connectivity index (χ0n) is 9.94. The molecule has 2 aromatic carbocycles. The van der Waals surface area contributed by atoms with Crippen LogP contribution in [-0.4, -0.2) is 5.33 Å². The van der Waals surface area contributed by atoms with Crippen molar-refractivity contribution in [2.45, 2.75) is 6.42 Å². The van der Waals surface area contributed by atoms with E-state index in [0.29, 0.717) is 0 Å². The van der Waals surface area contributed by atoms with Gasteiger partial charge < -0.3 is 0 Å². The van der Waals surface area contributed by atoms with Crippen molar-refractivity contribution in [1.29, 1.82) is 0 Å². The molecule has 0 fully saturated rings. The second-order valence-corrected chi connectivity index (χ2v) is 5.20. The standard InChI is InChI=1S/C16H14BrCl/c17-12-4-7-16(13-5-2-1-3-6-13)14-8-10-15(18)11-9-14/h1-3,5-11H,4,12H2/b16-7+. The number of rotatable bonds is 4. The predicted molar refractivity (Wildman–Crippen MR) is 83.4 cm³/mol.